The van der Waals surface area contributed by atoms with Gasteiger partial charge < -0.3 is 14.2 Å². The zero-order chi connectivity index (χ0) is 32.2. The number of ether oxygens (including phenoxy) is 3. The van der Waals surface area contributed by atoms with E-state index in [2.05, 4.69) is 96.1 Å². The van der Waals surface area contributed by atoms with Crippen LogP contribution in [0.2, 0.25) is 0 Å². The average Bonchev–Trinajstić information content (AvgIpc) is 3.15. The van der Waals surface area contributed by atoms with Crippen LogP contribution in [0, 0.1) is 0 Å². The number of aromatic nitrogens is 1. The Kier molecular flexibility index (Phi) is 5.14. The Labute approximate surface area is 300 Å². The highest BCUT2D eigenvalue weighted by Crippen LogP contribution is 2.48. The number of rotatable bonds is 2. The first-order valence-electron chi connectivity index (χ1n) is 16.7. The minimum atomic E-state index is -0.0321. The number of hydrogen-bond donors (Lipinski definition) is 0. The Morgan fingerprint density at radius 2 is 1.20 bits per heavy atom. The summed E-state index contributed by atoms with van der Waals surface area (Å²) in [6, 6.07) is 30.8. The number of thioether (sulfide) groups is 1. The summed E-state index contributed by atoms with van der Waals surface area (Å²) in [5.41, 5.74) is 12.2. The van der Waals surface area contributed by atoms with E-state index < -0.39 is 0 Å². The number of hydrogen-bond acceptors (Lipinski definition) is 8. The molecule has 0 saturated heterocycles. The third-order valence-electron chi connectivity index (χ3n) is 10.9. The van der Waals surface area contributed by atoms with E-state index in [-0.39, 0.29) is 19.5 Å². The lowest BCUT2D eigenvalue weighted by molar-refractivity contribution is 0.248. The molecule has 6 aromatic rings. The second-order valence-electron chi connectivity index (χ2n) is 13.5. The quantitative estimate of drug-likeness (QED) is 0.194. The fourth-order valence-corrected chi connectivity index (χ4v) is 12.6. The predicted octanol–water partition coefficient (Wildman–Crippen LogP) is 6.43. The molecule has 1 atom stereocenters. The zero-order valence-electron chi connectivity index (χ0n) is 26.1. The van der Waals surface area contributed by atoms with Crippen molar-refractivity contribution >= 4 is 82.2 Å². The van der Waals surface area contributed by atoms with Gasteiger partial charge in [-0.25, -0.2) is 0 Å². The predicted molar refractivity (Wildman–Crippen MR) is 203 cm³/mol. The van der Waals surface area contributed by atoms with Crippen molar-refractivity contribution in [1.82, 2.24) is 4.98 Å². The van der Waals surface area contributed by atoms with Gasteiger partial charge in [0.15, 0.2) is 0 Å². The summed E-state index contributed by atoms with van der Waals surface area (Å²) in [6.45, 7) is 0.953. The molecule has 232 valence electrons. The van der Waals surface area contributed by atoms with Gasteiger partial charge in [-0.05, 0) is 104 Å². The van der Waals surface area contributed by atoms with Gasteiger partial charge in [-0.3, -0.25) is 9.98 Å². The van der Waals surface area contributed by atoms with Gasteiger partial charge in [-0.1, -0.05) is 65.6 Å². The van der Waals surface area contributed by atoms with E-state index in [1.165, 1.54) is 67.8 Å². The molecule has 10 heteroatoms. The summed E-state index contributed by atoms with van der Waals surface area (Å²) in [4.78, 5) is 16.8. The molecule has 5 aromatic carbocycles. The van der Waals surface area contributed by atoms with Crippen LogP contribution < -0.4 is 41.5 Å². The molecule has 7 aliphatic heterocycles. The summed E-state index contributed by atoms with van der Waals surface area (Å²) in [5.74, 6) is 4.51. The summed E-state index contributed by atoms with van der Waals surface area (Å²) < 4.78 is 19.9. The summed E-state index contributed by atoms with van der Waals surface area (Å²) in [5, 5.41) is 0. The lowest BCUT2D eigenvalue weighted by Crippen LogP contribution is -2.60. The van der Waals surface area contributed by atoms with Gasteiger partial charge in [0.05, 0.1) is 12.7 Å². The number of benzene rings is 5. The maximum absolute atomic E-state index is 6.69. The highest BCUT2D eigenvalue weighted by atomic mass is 32.2. The Balaban J connectivity index is 0.947. The molecule has 7 aliphatic rings. The number of nitrogens with zero attached hydrogens (tertiary/aromatic N) is 2. The second-order valence-corrected chi connectivity index (χ2v) is 16.8. The molecular weight excluding hydrogens is 674 g/mol. The molecule has 1 unspecified atom stereocenters. The molecule has 0 radical (unpaired) electrons. The van der Waals surface area contributed by atoms with Crippen molar-refractivity contribution in [2.75, 3.05) is 6.54 Å². The van der Waals surface area contributed by atoms with Crippen LogP contribution in [0.25, 0.3) is 22.3 Å². The van der Waals surface area contributed by atoms with Crippen molar-refractivity contribution in [3.63, 3.8) is 0 Å². The molecule has 0 spiro atoms. The van der Waals surface area contributed by atoms with Crippen LogP contribution in [0.5, 0.6) is 28.7 Å². The van der Waals surface area contributed by atoms with Crippen LogP contribution in [-0.4, -0.2) is 37.3 Å². The first kappa shape index (κ1) is 27.0. The van der Waals surface area contributed by atoms with E-state index in [1.807, 2.05) is 35.9 Å². The molecular formula is C40H20B2N2O3S3. The van der Waals surface area contributed by atoms with Crippen molar-refractivity contribution < 1.29 is 14.2 Å². The molecule has 5 nitrogen and oxygen atoms in total. The van der Waals surface area contributed by atoms with Crippen molar-refractivity contribution in [1.29, 1.82) is 0 Å². The van der Waals surface area contributed by atoms with Crippen LogP contribution in [-0.2, 0) is 0 Å². The second kappa shape index (κ2) is 9.51. The SMILES string of the molecule is C1=NCC2Oc3cncc4c3B3C2=C1Sc1cc(-c2cccc(-c5cc6c7c(c5)Oc5cccc8c5B7c5c(cccc5S8)O6)c2)cc(c13)S4. The van der Waals surface area contributed by atoms with Crippen LogP contribution in [0.1, 0.15) is 0 Å². The average molecular weight is 694 g/mol. The molecule has 50 heavy (non-hydrogen) atoms. The normalized spacial score (nSPS) is 18.1. The largest absolute Gasteiger partial charge is 0.484 e. The van der Waals surface area contributed by atoms with Crippen LogP contribution in [0.3, 0.4) is 0 Å². The molecule has 0 amide bonds. The Morgan fingerprint density at radius 3 is 1.96 bits per heavy atom. The fraction of sp³-hybridized carbons (Fsp3) is 0.0500. The first-order chi connectivity index (χ1) is 24.7. The fourth-order valence-electron chi connectivity index (χ4n) is 8.90. The monoisotopic (exact) mass is 694 g/mol. The van der Waals surface area contributed by atoms with E-state index in [0.29, 0.717) is 6.54 Å². The number of pyridine rings is 1. The number of dihydropyridines is 1. The molecule has 8 heterocycles. The lowest BCUT2D eigenvalue weighted by atomic mass is 9.34. The van der Waals surface area contributed by atoms with Gasteiger partial charge in [0.1, 0.15) is 34.9 Å². The van der Waals surface area contributed by atoms with Gasteiger partial charge in [0.2, 0.25) is 0 Å². The lowest BCUT2D eigenvalue weighted by Gasteiger charge is -2.42. The molecule has 0 fully saturated rings. The van der Waals surface area contributed by atoms with Crippen LogP contribution >= 0.6 is 35.3 Å². The Morgan fingerprint density at radius 1 is 0.540 bits per heavy atom. The summed E-state index contributed by atoms with van der Waals surface area (Å²) >= 11 is 5.45. The molecule has 0 aliphatic carbocycles. The first-order valence-corrected chi connectivity index (χ1v) is 19.2. The van der Waals surface area contributed by atoms with Crippen molar-refractivity contribution in [3.8, 4) is 51.0 Å². The van der Waals surface area contributed by atoms with E-state index in [1.54, 1.807) is 11.8 Å². The topological polar surface area (TPSA) is 52.9 Å². The van der Waals surface area contributed by atoms with Gasteiger partial charge in [0, 0.05) is 47.3 Å². The number of aliphatic imine (C=N–C) groups is 1. The van der Waals surface area contributed by atoms with Crippen molar-refractivity contribution in [2.24, 2.45) is 4.99 Å². The maximum atomic E-state index is 6.69. The van der Waals surface area contributed by atoms with E-state index >= 15 is 0 Å². The molecule has 0 N–H and O–H groups in total. The molecule has 13 rings (SSSR count). The third kappa shape index (κ3) is 3.46. The Hall–Kier alpha value is -4.76. The van der Waals surface area contributed by atoms with Gasteiger partial charge >= 0.3 is 0 Å². The van der Waals surface area contributed by atoms with Crippen LogP contribution in [0.4, 0.5) is 0 Å². The summed E-state index contributed by atoms with van der Waals surface area (Å²) in [7, 11) is 0. The van der Waals surface area contributed by atoms with Gasteiger partial charge in [0.25, 0.3) is 13.4 Å². The third-order valence-corrected chi connectivity index (χ3v) is 14.3. The van der Waals surface area contributed by atoms with Crippen molar-refractivity contribution in [2.45, 2.75) is 30.6 Å². The Bertz CT molecular complexity index is 2620. The zero-order valence-corrected chi connectivity index (χ0v) is 28.5. The molecule has 1 aromatic heterocycles. The minimum Gasteiger partial charge on any atom is -0.484 e. The highest BCUT2D eigenvalue weighted by molar-refractivity contribution is 8.04. The smallest absolute Gasteiger partial charge is 0.263 e. The van der Waals surface area contributed by atoms with Gasteiger partial charge in [-0.2, -0.15) is 0 Å². The highest BCUT2D eigenvalue weighted by Gasteiger charge is 2.49. The number of allylic oxidation sites excluding steroid dienone is 1. The standard InChI is InChI=1S/C40H20B2N2O3S3/c1-4-19(21-11-25-35-26(12-21)46-24-7-3-9-30-37(24)41(35)36-23(45-25)6-2-8-29(36)48-30)10-20(5-1)22-13-31-40-32(14-22)50-34-18-44-16-28-39(34)42(40)38-27(47-28)15-43-17-33(38)49-31/h1-15,17-18,28H,16H2. The maximum Gasteiger partial charge on any atom is 0.263 e. The van der Waals surface area contributed by atoms with Gasteiger partial charge in [-0.15, -0.1) is 0 Å². The van der Waals surface area contributed by atoms with E-state index in [0.717, 1.165) is 45.3 Å². The molecule has 0 bridgehead atoms. The van der Waals surface area contributed by atoms with E-state index in [4.69, 9.17) is 19.2 Å². The minimum absolute atomic E-state index is 0.0321. The van der Waals surface area contributed by atoms with Crippen LogP contribution in [0.15, 0.2) is 137 Å². The van der Waals surface area contributed by atoms with Crippen molar-refractivity contribution in [3.05, 3.63) is 108 Å². The van der Waals surface area contributed by atoms with E-state index in [9.17, 15) is 0 Å². The summed E-state index contributed by atoms with van der Waals surface area (Å²) in [6.07, 6.45) is 5.90. The molecule has 0 saturated carbocycles.